The van der Waals surface area contributed by atoms with E-state index in [1.165, 1.54) is 24.3 Å². The van der Waals surface area contributed by atoms with Gasteiger partial charge in [-0.05, 0) is 61.5 Å². The van der Waals surface area contributed by atoms with Crippen LogP contribution in [0.15, 0.2) is 78.2 Å². The third-order valence-electron chi connectivity index (χ3n) is 4.91. The van der Waals surface area contributed by atoms with Crippen LogP contribution in [0.2, 0.25) is 0 Å². The van der Waals surface area contributed by atoms with Gasteiger partial charge in [0.15, 0.2) is 11.5 Å². The lowest BCUT2D eigenvalue weighted by atomic mass is 10.1. The van der Waals surface area contributed by atoms with Crippen LogP contribution in [0.1, 0.15) is 22.8 Å². The Hall–Kier alpha value is -4.18. The van der Waals surface area contributed by atoms with Crippen LogP contribution in [0, 0.1) is 0 Å². The summed E-state index contributed by atoms with van der Waals surface area (Å²) in [6.45, 7) is 6.38. The topological polar surface area (TPSA) is 115 Å². The molecule has 1 heterocycles. The van der Waals surface area contributed by atoms with Crippen LogP contribution in [0.3, 0.4) is 0 Å². The van der Waals surface area contributed by atoms with Crippen molar-refractivity contribution in [2.24, 2.45) is 0 Å². The third-order valence-corrected chi connectivity index (χ3v) is 6.29. The number of nitrogens with one attached hydrogen (secondary N) is 3. The highest BCUT2D eigenvalue weighted by molar-refractivity contribution is 7.92. The zero-order valence-electron chi connectivity index (χ0n) is 18.3. The number of rotatable bonds is 9. The number of sulfonamides is 1. The van der Waals surface area contributed by atoms with Gasteiger partial charge in [-0.2, -0.15) is 0 Å². The van der Waals surface area contributed by atoms with Crippen LogP contribution in [-0.2, 0) is 10.0 Å². The first-order chi connectivity index (χ1) is 16.4. The number of hydrogen-bond acceptors (Lipinski definition) is 7. The zero-order valence-corrected chi connectivity index (χ0v) is 19.1. The molecule has 0 unspecified atom stereocenters. The first-order valence-electron chi connectivity index (χ1n) is 10.4. The lowest BCUT2D eigenvalue weighted by Crippen LogP contribution is -2.36. The molecule has 0 atom stereocenters. The van der Waals surface area contributed by atoms with Crippen LogP contribution in [0.5, 0.6) is 17.2 Å². The van der Waals surface area contributed by atoms with E-state index in [0.29, 0.717) is 35.1 Å². The molecule has 0 fully saturated rings. The summed E-state index contributed by atoms with van der Waals surface area (Å²) in [5, 5.41) is 0. The van der Waals surface area contributed by atoms with E-state index in [0.717, 1.165) is 0 Å². The number of hydrazine groups is 1. The minimum atomic E-state index is -3.93. The summed E-state index contributed by atoms with van der Waals surface area (Å²) < 4.78 is 44.2. The quantitative estimate of drug-likeness (QED) is 0.401. The molecule has 0 aliphatic carbocycles. The Bertz CT molecular complexity index is 1320. The molecule has 0 radical (unpaired) electrons. The van der Waals surface area contributed by atoms with Crippen molar-refractivity contribution in [1.82, 2.24) is 10.9 Å². The molecule has 0 bridgehead atoms. The molecule has 10 heteroatoms. The van der Waals surface area contributed by atoms with E-state index >= 15 is 0 Å². The fourth-order valence-corrected chi connectivity index (χ4v) is 4.29. The monoisotopic (exact) mass is 481 g/mol. The van der Waals surface area contributed by atoms with Gasteiger partial charge in [-0.1, -0.05) is 18.7 Å². The Kier molecular flexibility index (Phi) is 6.60. The molecule has 0 saturated carbocycles. The number of ether oxygens (including phenoxy) is 3. The minimum Gasteiger partial charge on any atom is -0.494 e. The molecule has 0 saturated heterocycles. The number of amides is 1. The van der Waals surface area contributed by atoms with Crippen LogP contribution >= 0.6 is 0 Å². The number of anilines is 1. The molecule has 0 spiro atoms. The number of para-hydroxylation sites is 1. The molecule has 176 valence electrons. The maximum absolute atomic E-state index is 12.9. The van der Waals surface area contributed by atoms with Gasteiger partial charge in [0.2, 0.25) is 6.79 Å². The number of fused-ring (bicyclic) bond motifs is 1. The Morgan fingerprint density at radius 3 is 2.50 bits per heavy atom. The van der Waals surface area contributed by atoms with Crippen molar-refractivity contribution in [3.63, 3.8) is 0 Å². The van der Waals surface area contributed by atoms with E-state index < -0.39 is 15.9 Å². The van der Waals surface area contributed by atoms with Gasteiger partial charge >= 0.3 is 0 Å². The summed E-state index contributed by atoms with van der Waals surface area (Å²) in [7, 11) is -3.93. The Labute approximate surface area is 197 Å². The van der Waals surface area contributed by atoms with Gasteiger partial charge in [0.1, 0.15) is 5.75 Å². The number of hydrogen-bond donors (Lipinski definition) is 3. The van der Waals surface area contributed by atoms with Gasteiger partial charge in [-0.25, -0.2) is 8.42 Å². The van der Waals surface area contributed by atoms with E-state index in [1.54, 1.807) is 42.5 Å². The lowest BCUT2D eigenvalue weighted by Gasteiger charge is -2.15. The van der Waals surface area contributed by atoms with Crippen molar-refractivity contribution in [2.45, 2.75) is 11.8 Å². The van der Waals surface area contributed by atoms with Crippen LogP contribution in [0.4, 0.5) is 5.69 Å². The normalized spacial score (nSPS) is 12.0. The summed E-state index contributed by atoms with van der Waals surface area (Å²) in [4.78, 5) is 12.9. The molecule has 1 aliphatic rings. The second-order valence-electron chi connectivity index (χ2n) is 7.18. The molecule has 3 N–H and O–H groups in total. The van der Waals surface area contributed by atoms with Gasteiger partial charge in [-0.15, -0.1) is 0 Å². The van der Waals surface area contributed by atoms with Crippen LogP contribution in [0.25, 0.3) is 5.70 Å². The zero-order chi connectivity index (χ0) is 24.1. The van der Waals surface area contributed by atoms with E-state index in [-0.39, 0.29) is 22.9 Å². The number of carbonyl (C=O) groups is 1. The first kappa shape index (κ1) is 23.0. The first-order valence-corrected chi connectivity index (χ1v) is 11.9. The van der Waals surface area contributed by atoms with E-state index in [1.807, 2.05) is 6.92 Å². The third kappa shape index (κ3) is 5.07. The van der Waals surface area contributed by atoms with Crippen molar-refractivity contribution in [3.05, 3.63) is 84.4 Å². The van der Waals surface area contributed by atoms with Gasteiger partial charge in [0.05, 0.1) is 28.5 Å². The standard InChI is InChI=1S/C24H23N3O6S/c1-3-31-18-9-11-19(12-10-18)34(29,30)27-21-7-5-4-6-20(21)24(28)26-25-16(2)17-8-13-22-23(14-17)33-15-32-22/h4-14,25,27H,2-3,15H2,1H3,(H,26,28). The molecule has 0 aromatic heterocycles. The van der Waals surface area contributed by atoms with Crippen molar-refractivity contribution in [2.75, 3.05) is 18.1 Å². The van der Waals surface area contributed by atoms with E-state index in [2.05, 4.69) is 22.2 Å². The van der Waals surface area contributed by atoms with Crippen molar-refractivity contribution in [1.29, 1.82) is 0 Å². The maximum Gasteiger partial charge on any atom is 0.271 e. The van der Waals surface area contributed by atoms with Gasteiger partial charge < -0.3 is 14.2 Å². The summed E-state index contributed by atoms with van der Waals surface area (Å²) >= 11 is 0. The summed E-state index contributed by atoms with van der Waals surface area (Å²) in [6.07, 6.45) is 0. The summed E-state index contributed by atoms with van der Waals surface area (Å²) in [5.74, 6) is 1.23. The molecule has 1 aliphatic heterocycles. The van der Waals surface area contributed by atoms with Gasteiger partial charge in [0.25, 0.3) is 15.9 Å². The fraction of sp³-hybridized carbons (Fsp3) is 0.125. The molecule has 3 aromatic carbocycles. The van der Waals surface area contributed by atoms with Gasteiger partial charge in [-0.3, -0.25) is 20.4 Å². The Balaban J connectivity index is 1.45. The smallest absolute Gasteiger partial charge is 0.271 e. The highest BCUT2D eigenvalue weighted by Gasteiger charge is 2.19. The molecule has 9 nitrogen and oxygen atoms in total. The predicted octanol–water partition coefficient (Wildman–Crippen LogP) is 3.52. The van der Waals surface area contributed by atoms with E-state index in [9.17, 15) is 13.2 Å². The van der Waals surface area contributed by atoms with Crippen LogP contribution < -0.4 is 29.8 Å². The Morgan fingerprint density at radius 2 is 1.74 bits per heavy atom. The molecule has 1 amide bonds. The van der Waals surface area contributed by atoms with Crippen molar-refractivity contribution >= 4 is 27.3 Å². The average molecular weight is 482 g/mol. The van der Waals surface area contributed by atoms with E-state index in [4.69, 9.17) is 14.2 Å². The lowest BCUT2D eigenvalue weighted by molar-refractivity contribution is 0.0943. The van der Waals surface area contributed by atoms with Crippen molar-refractivity contribution in [3.8, 4) is 17.2 Å². The maximum atomic E-state index is 12.9. The average Bonchev–Trinajstić information content (AvgIpc) is 3.31. The fourth-order valence-electron chi connectivity index (χ4n) is 3.21. The highest BCUT2D eigenvalue weighted by Crippen LogP contribution is 2.33. The SMILES string of the molecule is C=C(NNC(=O)c1ccccc1NS(=O)(=O)c1ccc(OCC)cc1)c1ccc2c(c1)OCO2. The number of carbonyl (C=O) groups excluding carboxylic acids is 1. The predicted molar refractivity (Wildman–Crippen MR) is 127 cm³/mol. The Morgan fingerprint density at radius 1 is 1.00 bits per heavy atom. The number of benzene rings is 3. The molecule has 34 heavy (non-hydrogen) atoms. The second kappa shape index (κ2) is 9.75. The molecule has 4 rings (SSSR count). The summed E-state index contributed by atoms with van der Waals surface area (Å²) in [6, 6.07) is 17.6. The molecular formula is C24H23N3O6S. The van der Waals surface area contributed by atoms with Crippen LogP contribution in [-0.4, -0.2) is 27.7 Å². The minimum absolute atomic E-state index is 0.0421. The molecule has 3 aromatic rings. The van der Waals surface area contributed by atoms with Gasteiger partial charge in [0, 0.05) is 5.56 Å². The largest absolute Gasteiger partial charge is 0.494 e. The highest BCUT2D eigenvalue weighted by atomic mass is 32.2. The second-order valence-corrected chi connectivity index (χ2v) is 8.86. The summed E-state index contributed by atoms with van der Waals surface area (Å²) in [5.41, 5.74) is 6.65. The molecular weight excluding hydrogens is 458 g/mol. The van der Waals surface area contributed by atoms with Crippen molar-refractivity contribution < 1.29 is 27.4 Å².